The number of benzene rings is 2. The molecular weight excluding hydrogens is 375 g/mol. The second-order valence-electron chi connectivity index (χ2n) is 5.97. The summed E-state index contributed by atoms with van der Waals surface area (Å²) in [6.07, 6.45) is -4.66. The van der Waals surface area contributed by atoms with Gasteiger partial charge in [-0.3, -0.25) is 4.79 Å². The van der Waals surface area contributed by atoms with Crippen LogP contribution in [0.1, 0.15) is 11.4 Å². The first-order chi connectivity index (χ1) is 13.3. The summed E-state index contributed by atoms with van der Waals surface area (Å²) in [6.45, 7) is -0.365. The number of hydrogen-bond acceptors (Lipinski definition) is 4. The Morgan fingerprint density at radius 1 is 1.11 bits per heavy atom. The Hall–Kier alpha value is -3.23. The van der Waals surface area contributed by atoms with Crippen LogP contribution < -0.4 is 14.8 Å². The smallest absolute Gasteiger partial charge is 0.449 e. The van der Waals surface area contributed by atoms with Crippen LogP contribution in [0.5, 0.6) is 11.5 Å². The van der Waals surface area contributed by atoms with E-state index in [1.807, 2.05) is 0 Å². The van der Waals surface area contributed by atoms with Gasteiger partial charge in [-0.05, 0) is 29.8 Å². The maximum absolute atomic E-state index is 13.3. The lowest BCUT2D eigenvalue weighted by atomic mass is 10.2. The molecule has 0 aliphatic carbocycles. The lowest BCUT2D eigenvalue weighted by molar-refractivity contribution is -0.147. The predicted molar refractivity (Wildman–Crippen MR) is 96.1 cm³/mol. The zero-order valence-electron chi connectivity index (χ0n) is 15.2. The molecule has 0 bridgehead atoms. The molecule has 0 fully saturated rings. The van der Waals surface area contributed by atoms with Crippen LogP contribution in [0.4, 0.5) is 13.2 Å². The molecule has 0 spiro atoms. The van der Waals surface area contributed by atoms with Crippen molar-refractivity contribution in [1.29, 1.82) is 0 Å². The number of amides is 1. The number of carbonyl (C=O) groups excluding carboxylic acids is 1. The maximum Gasteiger partial charge on any atom is 0.449 e. The first-order valence-corrected chi connectivity index (χ1v) is 8.33. The Morgan fingerprint density at radius 2 is 1.82 bits per heavy atom. The molecule has 1 N–H and O–H groups in total. The minimum atomic E-state index is -4.66. The third kappa shape index (κ3) is 4.03. The fourth-order valence-corrected chi connectivity index (χ4v) is 2.84. The van der Waals surface area contributed by atoms with E-state index in [9.17, 15) is 18.0 Å². The molecule has 0 radical (unpaired) electrons. The second-order valence-corrected chi connectivity index (χ2v) is 5.97. The van der Waals surface area contributed by atoms with Gasteiger partial charge in [0.05, 0.1) is 25.3 Å². The van der Waals surface area contributed by atoms with Crippen molar-refractivity contribution < 1.29 is 27.4 Å². The number of para-hydroxylation sites is 2. The normalized spacial score (nSPS) is 11.5. The van der Waals surface area contributed by atoms with Gasteiger partial charge in [0.1, 0.15) is 6.54 Å². The largest absolute Gasteiger partial charge is 0.493 e. The van der Waals surface area contributed by atoms with Crippen molar-refractivity contribution >= 4 is 16.9 Å². The zero-order chi connectivity index (χ0) is 20.3. The second kappa shape index (κ2) is 7.79. The average molecular weight is 393 g/mol. The Balaban J connectivity index is 1.77. The zero-order valence-corrected chi connectivity index (χ0v) is 15.2. The van der Waals surface area contributed by atoms with E-state index in [2.05, 4.69) is 10.3 Å². The van der Waals surface area contributed by atoms with Crippen molar-refractivity contribution in [3.63, 3.8) is 0 Å². The molecule has 3 rings (SSSR count). The van der Waals surface area contributed by atoms with Crippen molar-refractivity contribution in [2.24, 2.45) is 0 Å². The summed E-state index contributed by atoms with van der Waals surface area (Å²) >= 11 is 0. The lowest BCUT2D eigenvalue weighted by Crippen LogP contribution is -2.29. The van der Waals surface area contributed by atoms with Crippen LogP contribution in [-0.2, 0) is 24.1 Å². The molecule has 3 aromatic rings. The number of halogens is 3. The van der Waals surface area contributed by atoms with Crippen LogP contribution in [0.15, 0.2) is 42.5 Å². The highest BCUT2D eigenvalue weighted by molar-refractivity contribution is 5.81. The van der Waals surface area contributed by atoms with E-state index in [0.29, 0.717) is 11.5 Å². The molecule has 9 heteroatoms. The molecule has 0 aliphatic heterocycles. The minimum absolute atomic E-state index is 0.132. The van der Waals surface area contributed by atoms with Crippen molar-refractivity contribution in [3.05, 3.63) is 53.9 Å². The van der Waals surface area contributed by atoms with E-state index < -0.39 is 24.5 Å². The third-order valence-corrected chi connectivity index (χ3v) is 4.15. The highest BCUT2D eigenvalue weighted by Crippen LogP contribution is 2.31. The first-order valence-electron chi connectivity index (χ1n) is 8.33. The molecule has 1 amide bonds. The highest BCUT2D eigenvalue weighted by Gasteiger charge is 2.37. The van der Waals surface area contributed by atoms with Crippen molar-refractivity contribution in [3.8, 4) is 11.5 Å². The number of alkyl halides is 3. The molecule has 2 aromatic carbocycles. The topological polar surface area (TPSA) is 65.4 Å². The number of ether oxygens (including phenoxy) is 2. The van der Waals surface area contributed by atoms with E-state index in [1.165, 1.54) is 26.4 Å². The van der Waals surface area contributed by atoms with Gasteiger partial charge in [-0.2, -0.15) is 13.2 Å². The van der Waals surface area contributed by atoms with Gasteiger partial charge in [-0.1, -0.05) is 18.2 Å². The maximum atomic E-state index is 13.3. The van der Waals surface area contributed by atoms with Gasteiger partial charge >= 0.3 is 6.18 Å². The number of nitrogens with zero attached hydrogens (tertiary/aromatic N) is 2. The van der Waals surface area contributed by atoms with Crippen molar-refractivity contribution in [1.82, 2.24) is 14.9 Å². The van der Waals surface area contributed by atoms with Gasteiger partial charge < -0.3 is 19.4 Å². The predicted octanol–water partition coefficient (Wildman–Crippen LogP) is 3.39. The van der Waals surface area contributed by atoms with Gasteiger partial charge in [0.25, 0.3) is 0 Å². The molecule has 148 valence electrons. The first kappa shape index (κ1) is 19.5. The minimum Gasteiger partial charge on any atom is -0.493 e. The van der Waals surface area contributed by atoms with E-state index in [-0.39, 0.29) is 17.6 Å². The van der Waals surface area contributed by atoms with E-state index in [0.717, 1.165) is 10.1 Å². The molecule has 0 atom stereocenters. The van der Waals surface area contributed by atoms with Gasteiger partial charge in [0, 0.05) is 6.54 Å². The molecule has 1 aromatic heterocycles. The number of carbonyl (C=O) groups is 1. The molecule has 0 saturated heterocycles. The lowest BCUT2D eigenvalue weighted by Gasteiger charge is -2.13. The summed E-state index contributed by atoms with van der Waals surface area (Å²) in [5, 5.41) is 2.62. The van der Waals surface area contributed by atoms with Crippen LogP contribution in [0.2, 0.25) is 0 Å². The van der Waals surface area contributed by atoms with Gasteiger partial charge in [0.15, 0.2) is 11.5 Å². The monoisotopic (exact) mass is 393 g/mol. The Bertz CT molecular complexity index is 999. The van der Waals surface area contributed by atoms with Gasteiger partial charge in [0.2, 0.25) is 11.7 Å². The van der Waals surface area contributed by atoms with Crippen molar-refractivity contribution in [2.45, 2.75) is 19.3 Å². The molecular formula is C19H18F3N3O3. The van der Waals surface area contributed by atoms with Crippen molar-refractivity contribution in [2.75, 3.05) is 14.2 Å². The molecule has 28 heavy (non-hydrogen) atoms. The molecule has 1 heterocycles. The van der Waals surface area contributed by atoms with E-state index in [1.54, 1.807) is 30.3 Å². The Kier molecular flexibility index (Phi) is 5.43. The summed E-state index contributed by atoms with van der Waals surface area (Å²) in [5.41, 5.74) is 1.15. The quantitative estimate of drug-likeness (QED) is 0.697. The molecule has 0 aliphatic rings. The van der Waals surface area contributed by atoms with Crippen LogP contribution >= 0.6 is 0 Å². The van der Waals surface area contributed by atoms with Gasteiger partial charge in [-0.15, -0.1) is 0 Å². The number of imidazole rings is 1. The van der Waals surface area contributed by atoms with Crippen LogP contribution in [0, 0.1) is 0 Å². The van der Waals surface area contributed by atoms with Crippen LogP contribution in [-0.4, -0.2) is 29.7 Å². The number of aromatic nitrogens is 2. The average Bonchev–Trinajstić information content (AvgIpc) is 3.05. The number of hydrogen-bond donors (Lipinski definition) is 1. The summed E-state index contributed by atoms with van der Waals surface area (Å²) in [6, 6.07) is 11.3. The van der Waals surface area contributed by atoms with Crippen LogP contribution in [0.3, 0.4) is 0 Å². The number of methoxy groups -OCH3 is 2. The molecule has 0 unspecified atom stereocenters. The molecule has 6 nitrogen and oxygen atoms in total. The molecule has 0 saturated carbocycles. The van der Waals surface area contributed by atoms with Crippen LogP contribution in [0.25, 0.3) is 11.0 Å². The summed E-state index contributed by atoms with van der Waals surface area (Å²) < 4.78 is 51.1. The Morgan fingerprint density at radius 3 is 2.50 bits per heavy atom. The fourth-order valence-electron chi connectivity index (χ4n) is 2.84. The summed E-state index contributed by atoms with van der Waals surface area (Å²) in [4.78, 5) is 15.9. The standard InChI is InChI=1S/C19H18F3N3O3/c1-27-15-8-7-12(9-16(15)28-2)10-23-17(26)11-25-14-6-4-3-5-13(14)24-18(25)19(20,21)22/h3-9H,10-11H2,1-2H3,(H,23,26). The Labute approximate surface area is 158 Å². The van der Waals surface area contributed by atoms with Gasteiger partial charge in [-0.25, -0.2) is 4.98 Å². The summed E-state index contributed by atoms with van der Waals surface area (Å²) in [5.74, 6) is -0.634. The number of nitrogens with one attached hydrogen (secondary N) is 1. The van der Waals surface area contributed by atoms with E-state index >= 15 is 0 Å². The summed E-state index contributed by atoms with van der Waals surface area (Å²) in [7, 11) is 3.00. The highest BCUT2D eigenvalue weighted by atomic mass is 19.4. The number of rotatable bonds is 6. The van der Waals surface area contributed by atoms with E-state index in [4.69, 9.17) is 9.47 Å². The fraction of sp³-hybridized carbons (Fsp3) is 0.263. The number of fused-ring (bicyclic) bond motifs is 1. The SMILES string of the molecule is COc1ccc(CNC(=O)Cn2c(C(F)(F)F)nc3ccccc32)cc1OC. The third-order valence-electron chi connectivity index (χ3n) is 4.15.